The molecule has 4 nitrogen and oxygen atoms in total. The third-order valence-corrected chi connectivity index (χ3v) is 3.38. The Morgan fingerprint density at radius 1 is 1.42 bits per heavy atom. The van der Waals surface area contributed by atoms with Crippen LogP contribution in [0.3, 0.4) is 0 Å². The second-order valence-electron chi connectivity index (χ2n) is 5.98. The van der Waals surface area contributed by atoms with E-state index in [1.807, 2.05) is 6.07 Å². The summed E-state index contributed by atoms with van der Waals surface area (Å²) in [7, 11) is 1.75. The molecule has 0 saturated heterocycles. The van der Waals surface area contributed by atoms with Crippen molar-refractivity contribution < 1.29 is 4.74 Å². The van der Waals surface area contributed by atoms with Gasteiger partial charge < -0.3 is 15.8 Å². The van der Waals surface area contributed by atoms with E-state index in [4.69, 9.17) is 10.5 Å². The van der Waals surface area contributed by atoms with Crippen molar-refractivity contribution in [2.24, 2.45) is 5.41 Å². The summed E-state index contributed by atoms with van der Waals surface area (Å²) in [6, 6.07) is 2.04. The topological polar surface area (TPSA) is 60.2 Å². The number of pyridine rings is 1. The van der Waals surface area contributed by atoms with Crippen LogP contribution in [0.4, 0.5) is 5.82 Å². The summed E-state index contributed by atoms with van der Waals surface area (Å²) in [4.78, 5) is 4.22. The predicted octanol–water partition coefficient (Wildman–Crippen LogP) is 2.68. The molecule has 1 aromatic rings. The first-order valence-corrected chi connectivity index (χ1v) is 6.80. The molecule has 0 spiro atoms. The molecule has 0 aliphatic rings. The van der Waals surface area contributed by atoms with E-state index in [0.717, 1.165) is 17.7 Å². The lowest BCUT2D eigenvalue weighted by Crippen LogP contribution is -2.42. The summed E-state index contributed by atoms with van der Waals surface area (Å²) >= 11 is 0. The van der Waals surface area contributed by atoms with Gasteiger partial charge in [0.05, 0.1) is 12.1 Å². The first-order valence-electron chi connectivity index (χ1n) is 6.80. The fourth-order valence-corrected chi connectivity index (χ4v) is 2.57. The Bertz CT molecular complexity index is 392. The second kappa shape index (κ2) is 6.35. The highest BCUT2D eigenvalue weighted by molar-refractivity contribution is 5.46. The molecule has 19 heavy (non-hydrogen) atoms. The SMILES string of the molecule is CCNC(c1c(C)ccnc1N)C(OC)C(C)(C)C. The second-order valence-corrected chi connectivity index (χ2v) is 5.98. The lowest BCUT2D eigenvalue weighted by Gasteiger charge is -2.37. The summed E-state index contributed by atoms with van der Waals surface area (Å²) in [5.74, 6) is 0.581. The zero-order valence-corrected chi connectivity index (χ0v) is 12.9. The van der Waals surface area contributed by atoms with E-state index in [1.54, 1.807) is 13.3 Å². The first-order chi connectivity index (χ1) is 8.82. The fourth-order valence-electron chi connectivity index (χ4n) is 2.57. The molecular weight excluding hydrogens is 238 g/mol. The number of nitrogens with two attached hydrogens (primary N) is 1. The Morgan fingerprint density at radius 2 is 2.05 bits per heavy atom. The average Bonchev–Trinajstić information content (AvgIpc) is 2.27. The maximum Gasteiger partial charge on any atom is 0.128 e. The molecule has 0 aliphatic heterocycles. The molecule has 1 rings (SSSR count). The number of likely N-dealkylation sites (N-methyl/N-ethyl adjacent to an activating group) is 1. The Kier molecular flexibility index (Phi) is 5.32. The minimum atomic E-state index is 0.0102. The molecule has 4 heteroatoms. The molecule has 0 radical (unpaired) electrons. The molecule has 0 aliphatic carbocycles. The number of aromatic nitrogens is 1. The van der Waals surface area contributed by atoms with Gasteiger partial charge in [0.25, 0.3) is 0 Å². The number of nitrogens with one attached hydrogen (secondary N) is 1. The molecule has 0 fully saturated rings. The van der Waals surface area contributed by atoms with Gasteiger partial charge in [0.1, 0.15) is 5.82 Å². The summed E-state index contributed by atoms with van der Waals surface area (Å²) in [5.41, 5.74) is 8.28. The van der Waals surface area contributed by atoms with Crippen LogP contribution >= 0.6 is 0 Å². The van der Waals surface area contributed by atoms with E-state index in [1.165, 1.54) is 0 Å². The average molecular weight is 265 g/mol. The normalized spacial score (nSPS) is 15.3. The van der Waals surface area contributed by atoms with Crippen molar-refractivity contribution >= 4 is 5.82 Å². The van der Waals surface area contributed by atoms with Crippen molar-refractivity contribution in [1.82, 2.24) is 10.3 Å². The number of hydrogen-bond acceptors (Lipinski definition) is 4. The van der Waals surface area contributed by atoms with Crippen molar-refractivity contribution in [3.8, 4) is 0 Å². The maximum absolute atomic E-state index is 6.08. The van der Waals surface area contributed by atoms with Crippen LogP contribution in [0.25, 0.3) is 0 Å². The van der Waals surface area contributed by atoms with Gasteiger partial charge in [-0.05, 0) is 30.5 Å². The van der Waals surface area contributed by atoms with Crippen LogP contribution in [-0.4, -0.2) is 24.7 Å². The van der Waals surface area contributed by atoms with Gasteiger partial charge in [0.2, 0.25) is 0 Å². The van der Waals surface area contributed by atoms with E-state index >= 15 is 0 Å². The number of aryl methyl sites for hydroxylation is 1. The van der Waals surface area contributed by atoms with E-state index in [0.29, 0.717) is 5.82 Å². The molecule has 0 bridgehead atoms. The zero-order chi connectivity index (χ0) is 14.6. The predicted molar refractivity (Wildman–Crippen MR) is 80.1 cm³/mol. The van der Waals surface area contributed by atoms with Crippen LogP contribution < -0.4 is 11.1 Å². The Labute approximate surface area is 116 Å². The monoisotopic (exact) mass is 265 g/mol. The summed E-state index contributed by atoms with van der Waals surface area (Å²) < 4.78 is 5.75. The van der Waals surface area contributed by atoms with Gasteiger partial charge in [-0.25, -0.2) is 4.98 Å². The largest absolute Gasteiger partial charge is 0.383 e. The smallest absolute Gasteiger partial charge is 0.128 e. The summed E-state index contributed by atoms with van der Waals surface area (Å²) in [6.45, 7) is 11.5. The van der Waals surface area contributed by atoms with Crippen molar-refractivity contribution in [2.45, 2.75) is 46.8 Å². The molecule has 0 amide bonds. The molecule has 2 atom stereocenters. The summed E-state index contributed by atoms with van der Waals surface area (Å²) in [6.07, 6.45) is 1.77. The molecule has 2 unspecified atom stereocenters. The summed E-state index contributed by atoms with van der Waals surface area (Å²) in [5, 5.41) is 3.49. The Morgan fingerprint density at radius 3 is 2.47 bits per heavy atom. The molecule has 0 saturated carbocycles. The van der Waals surface area contributed by atoms with Gasteiger partial charge in [-0.15, -0.1) is 0 Å². The number of hydrogen-bond donors (Lipinski definition) is 2. The number of nitrogen functional groups attached to an aromatic ring is 1. The van der Waals surface area contributed by atoms with Crippen molar-refractivity contribution in [3.05, 3.63) is 23.4 Å². The molecule has 0 aromatic carbocycles. The van der Waals surface area contributed by atoms with Gasteiger partial charge in [-0.3, -0.25) is 0 Å². The van der Waals surface area contributed by atoms with E-state index in [-0.39, 0.29) is 17.6 Å². The van der Waals surface area contributed by atoms with Gasteiger partial charge in [-0.2, -0.15) is 0 Å². The number of rotatable bonds is 5. The standard InChI is InChI=1S/C15H27N3O/c1-7-17-12(13(19-6)15(3,4)5)11-10(2)8-9-18-14(11)16/h8-9,12-13,17H,7H2,1-6H3,(H2,16,18). The Balaban J connectivity index is 3.27. The zero-order valence-electron chi connectivity index (χ0n) is 12.9. The molecule has 108 valence electrons. The van der Waals surface area contributed by atoms with Crippen LogP contribution in [0.2, 0.25) is 0 Å². The lowest BCUT2D eigenvalue weighted by atomic mass is 9.81. The van der Waals surface area contributed by atoms with Crippen LogP contribution in [0.5, 0.6) is 0 Å². The van der Waals surface area contributed by atoms with E-state index in [9.17, 15) is 0 Å². The van der Waals surface area contributed by atoms with Crippen molar-refractivity contribution in [2.75, 3.05) is 19.4 Å². The highest BCUT2D eigenvalue weighted by Crippen LogP contribution is 2.35. The number of nitrogens with zero attached hydrogens (tertiary/aromatic N) is 1. The van der Waals surface area contributed by atoms with E-state index < -0.39 is 0 Å². The van der Waals surface area contributed by atoms with Crippen LogP contribution in [0.1, 0.15) is 44.9 Å². The molecule has 1 aromatic heterocycles. The van der Waals surface area contributed by atoms with Crippen LogP contribution in [0, 0.1) is 12.3 Å². The Hall–Kier alpha value is -1.13. The molecule has 3 N–H and O–H groups in total. The van der Waals surface area contributed by atoms with Crippen LogP contribution in [-0.2, 0) is 4.74 Å². The fraction of sp³-hybridized carbons (Fsp3) is 0.667. The molecular formula is C15H27N3O. The van der Waals surface area contributed by atoms with Gasteiger partial charge in [0, 0.05) is 18.9 Å². The highest BCUT2D eigenvalue weighted by Gasteiger charge is 2.34. The number of anilines is 1. The van der Waals surface area contributed by atoms with Crippen LogP contribution in [0.15, 0.2) is 12.3 Å². The van der Waals surface area contributed by atoms with Crippen molar-refractivity contribution in [1.29, 1.82) is 0 Å². The van der Waals surface area contributed by atoms with Gasteiger partial charge in [0.15, 0.2) is 0 Å². The minimum Gasteiger partial charge on any atom is -0.383 e. The molecule has 1 heterocycles. The van der Waals surface area contributed by atoms with Gasteiger partial charge in [-0.1, -0.05) is 27.7 Å². The maximum atomic E-state index is 6.08. The first kappa shape index (κ1) is 15.9. The minimum absolute atomic E-state index is 0.0102. The third-order valence-electron chi connectivity index (χ3n) is 3.38. The quantitative estimate of drug-likeness (QED) is 0.859. The van der Waals surface area contributed by atoms with Crippen molar-refractivity contribution in [3.63, 3.8) is 0 Å². The number of ether oxygens (including phenoxy) is 1. The van der Waals surface area contributed by atoms with E-state index in [2.05, 4.69) is 44.9 Å². The lowest BCUT2D eigenvalue weighted by molar-refractivity contribution is -0.0116. The highest BCUT2D eigenvalue weighted by atomic mass is 16.5. The third kappa shape index (κ3) is 3.67. The van der Waals surface area contributed by atoms with Gasteiger partial charge >= 0.3 is 0 Å². The number of methoxy groups -OCH3 is 1.